The SMILES string of the molecule is CCOc1cc(C=NNC(=O)Cc2ccccc2)ccc1OCOc1cc(C=NNC(=O)Cc2ccccc2)cc(OC)c1OCC(N)=O. The lowest BCUT2D eigenvalue weighted by Gasteiger charge is -2.17. The van der Waals surface area contributed by atoms with Crippen molar-refractivity contribution in [2.24, 2.45) is 15.9 Å². The molecule has 0 saturated carbocycles. The zero-order chi connectivity index (χ0) is 34.8. The van der Waals surface area contributed by atoms with Crippen molar-refractivity contribution >= 4 is 30.2 Å². The Balaban J connectivity index is 1.42. The van der Waals surface area contributed by atoms with Crippen LogP contribution in [0.1, 0.15) is 29.2 Å². The molecule has 4 aromatic rings. The first-order valence-electron chi connectivity index (χ1n) is 15.2. The Kier molecular flexibility index (Phi) is 13.5. The number of amides is 3. The molecule has 0 aliphatic heterocycles. The Morgan fingerprint density at radius 2 is 1.22 bits per heavy atom. The summed E-state index contributed by atoms with van der Waals surface area (Å²) in [6.45, 7) is 1.46. The number of carbonyl (C=O) groups excluding carboxylic acids is 3. The van der Waals surface area contributed by atoms with Crippen molar-refractivity contribution in [1.29, 1.82) is 0 Å². The standard InChI is InChI=1S/C36H37N5O8/c1-3-46-30-16-27(21-38-40-34(43)19-25-10-6-4-7-11-25)14-15-29(30)48-24-49-32-18-28(17-31(45-2)36(32)47-23-33(37)42)22-39-41-35(44)20-26-12-8-5-9-13-26/h4-18,21-22H,3,19-20,23-24H2,1-2H3,(H2,37,42)(H,40,43)(H,41,44). The van der Waals surface area contributed by atoms with E-state index in [1.165, 1.54) is 19.5 Å². The quantitative estimate of drug-likeness (QED) is 0.0818. The van der Waals surface area contributed by atoms with E-state index >= 15 is 0 Å². The summed E-state index contributed by atoms with van der Waals surface area (Å²) in [7, 11) is 1.42. The highest BCUT2D eigenvalue weighted by molar-refractivity contribution is 5.85. The second kappa shape index (κ2) is 18.7. The van der Waals surface area contributed by atoms with E-state index in [9.17, 15) is 14.4 Å². The van der Waals surface area contributed by atoms with Crippen LogP contribution in [0.5, 0.6) is 28.7 Å². The maximum Gasteiger partial charge on any atom is 0.255 e. The van der Waals surface area contributed by atoms with E-state index in [0.717, 1.165) is 11.1 Å². The molecular formula is C36H37N5O8. The Hall–Kier alpha value is -6.37. The third kappa shape index (κ3) is 11.7. The lowest BCUT2D eigenvalue weighted by Crippen LogP contribution is -2.21. The third-order valence-electron chi connectivity index (χ3n) is 6.54. The molecule has 0 bridgehead atoms. The minimum absolute atomic E-state index is 0.112. The summed E-state index contributed by atoms with van der Waals surface area (Å²) in [5.74, 6) is 0.0475. The van der Waals surface area contributed by atoms with E-state index in [1.807, 2.05) is 67.6 Å². The van der Waals surface area contributed by atoms with E-state index in [2.05, 4.69) is 21.1 Å². The van der Waals surface area contributed by atoms with E-state index in [-0.39, 0.29) is 48.7 Å². The van der Waals surface area contributed by atoms with Crippen LogP contribution in [0.15, 0.2) is 101 Å². The van der Waals surface area contributed by atoms with Gasteiger partial charge in [-0.15, -0.1) is 0 Å². The molecule has 3 amide bonds. The molecule has 0 saturated heterocycles. The van der Waals surface area contributed by atoms with Crippen molar-refractivity contribution < 1.29 is 38.1 Å². The van der Waals surface area contributed by atoms with Crippen molar-refractivity contribution in [3.05, 3.63) is 113 Å². The molecule has 49 heavy (non-hydrogen) atoms. The molecule has 0 fully saturated rings. The molecule has 254 valence electrons. The highest BCUT2D eigenvalue weighted by atomic mass is 16.7. The first-order valence-corrected chi connectivity index (χ1v) is 15.2. The molecular weight excluding hydrogens is 630 g/mol. The zero-order valence-corrected chi connectivity index (χ0v) is 27.1. The number of rotatable bonds is 18. The van der Waals surface area contributed by atoms with Crippen LogP contribution in [0.2, 0.25) is 0 Å². The number of nitrogens with zero attached hydrogens (tertiary/aromatic N) is 2. The van der Waals surface area contributed by atoms with Gasteiger partial charge in [-0.25, -0.2) is 10.9 Å². The predicted molar refractivity (Wildman–Crippen MR) is 183 cm³/mol. The first-order chi connectivity index (χ1) is 23.8. The van der Waals surface area contributed by atoms with E-state index in [4.69, 9.17) is 29.4 Å². The van der Waals surface area contributed by atoms with Crippen LogP contribution in [-0.2, 0) is 27.2 Å². The minimum Gasteiger partial charge on any atom is -0.493 e. The Bertz CT molecular complexity index is 1760. The van der Waals surface area contributed by atoms with Gasteiger partial charge >= 0.3 is 0 Å². The van der Waals surface area contributed by atoms with Gasteiger partial charge in [-0.05, 0) is 53.9 Å². The fraction of sp³-hybridized carbons (Fsp3) is 0.194. The summed E-state index contributed by atoms with van der Waals surface area (Å²) in [6, 6.07) is 26.9. The van der Waals surface area contributed by atoms with Gasteiger partial charge in [-0.3, -0.25) is 14.4 Å². The summed E-state index contributed by atoms with van der Waals surface area (Å²) in [5.41, 5.74) is 13.2. The summed E-state index contributed by atoms with van der Waals surface area (Å²) in [4.78, 5) is 36.0. The smallest absolute Gasteiger partial charge is 0.255 e. The van der Waals surface area contributed by atoms with E-state index < -0.39 is 12.5 Å². The highest BCUT2D eigenvalue weighted by Crippen LogP contribution is 2.39. The van der Waals surface area contributed by atoms with E-state index in [0.29, 0.717) is 29.2 Å². The van der Waals surface area contributed by atoms with Crippen LogP contribution < -0.4 is 40.3 Å². The minimum atomic E-state index is -0.697. The van der Waals surface area contributed by atoms with Gasteiger partial charge in [0.05, 0.1) is 39.0 Å². The maximum atomic E-state index is 12.3. The van der Waals surface area contributed by atoms with Crippen LogP contribution in [-0.4, -0.2) is 57.3 Å². The second-order valence-corrected chi connectivity index (χ2v) is 10.3. The maximum absolute atomic E-state index is 12.3. The van der Waals surface area contributed by atoms with Gasteiger partial charge in [0.1, 0.15) is 0 Å². The summed E-state index contributed by atoms with van der Waals surface area (Å²) in [5, 5.41) is 8.09. The van der Waals surface area contributed by atoms with Crippen molar-refractivity contribution in [3.8, 4) is 28.7 Å². The van der Waals surface area contributed by atoms with Crippen LogP contribution in [0.25, 0.3) is 0 Å². The molecule has 0 heterocycles. The third-order valence-corrected chi connectivity index (χ3v) is 6.54. The average molecular weight is 668 g/mol. The molecule has 0 spiro atoms. The molecule has 0 atom stereocenters. The molecule has 0 aromatic heterocycles. The van der Waals surface area contributed by atoms with Gasteiger partial charge in [-0.2, -0.15) is 10.2 Å². The number of hydrogen-bond acceptors (Lipinski definition) is 10. The van der Waals surface area contributed by atoms with E-state index in [1.54, 1.807) is 30.3 Å². The fourth-order valence-electron chi connectivity index (χ4n) is 4.36. The fourth-order valence-corrected chi connectivity index (χ4v) is 4.36. The monoisotopic (exact) mass is 667 g/mol. The number of ether oxygens (including phenoxy) is 5. The number of nitrogens with one attached hydrogen (secondary N) is 2. The molecule has 0 aliphatic carbocycles. The van der Waals surface area contributed by atoms with Crippen LogP contribution in [0.4, 0.5) is 0 Å². The number of hydrazone groups is 2. The number of benzene rings is 4. The Labute approximate surface area is 283 Å². The van der Waals surface area contributed by atoms with Crippen molar-refractivity contribution in [2.45, 2.75) is 19.8 Å². The van der Waals surface area contributed by atoms with Gasteiger partial charge in [-0.1, -0.05) is 60.7 Å². The largest absolute Gasteiger partial charge is 0.493 e. The Morgan fingerprint density at radius 1 is 0.673 bits per heavy atom. The Morgan fingerprint density at radius 3 is 1.80 bits per heavy atom. The summed E-state index contributed by atoms with van der Waals surface area (Å²) >= 11 is 0. The van der Waals surface area contributed by atoms with Gasteiger partial charge in [0, 0.05) is 5.56 Å². The number of primary amides is 1. The zero-order valence-electron chi connectivity index (χ0n) is 27.1. The number of methoxy groups -OCH3 is 1. The van der Waals surface area contributed by atoms with Crippen molar-refractivity contribution in [2.75, 3.05) is 27.1 Å². The number of carbonyl (C=O) groups is 3. The molecule has 4 aromatic carbocycles. The lowest BCUT2D eigenvalue weighted by molar-refractivity contribution is -0.121. The molecule has 0 unspecified atom stereocenters. The normalized spacial score (nSPS) is 10.8. The first kappa shape index (κ1) is 35.5. The second-order valence-electron chi connectivity index (χ2n) is 10.3. The molecule has 13 heteroatoms. The van der Waals surface area contributed by atoms with Crippen LogP contribution in [0.3, 0.4) is 0 Å². The number of hydrogen-bond donors (Lipinski definition) is 3. The van der Waals surface area contributed by atoms with Crippen LogP contribution in [0, 0.1) is 0 Å². The predicted octanol–water partition coefficient (Wildman–Crippen LogP) is 3.76. The van der Waals surface area contributed by atoms with Gasteiger partial charge in [0.2, 0.25) is 24.4 Å². The topological polar surface area (TPSA) is 172 Å². The molecule has 13 nitrogen and oxygen atoms in total. The van der Waals surface area contributed by atoms with Crippen molar-refractivity contribution in [1.82, 2.24) is 10.9 Å². The van der Waals surface area contributed by atoms with Gasteiger partial charge in [0.25, 0.3) is 5.91 Å². The summed E-state index contributed by atoms with van der Waals surface area (Å²) in [6.07, 6.45) is 3.28. The molecule has 4 N–H and O–H groups in total. The lowest BCUT2D eigenvalue weighted by atomic mass is 10.1. The van der Waals surface area contributed by atoms with Gasteiger partial charge in [0.15, 0.2) is 29.6 Å². The molecule has 0 radical (unpaired) electrons. The van der Waals surface area contributed by atoms with Crippen LogP contribution >= 0.6 is 0 Å². The van der Waals surface area contributed by atoms with Gasteiger partial charge < -0.3 is 29.4 Å². The van der Waals surface area contributed by atoms with Crippen molar-refractivity contribution in [3.63, 3.8) is 0 Å². The highest BCUT2D eigenvalue weighted by Gasteiger charge is 2.17. The molecule has 4 rings (SSSR count). The number of nitrogens with two attached hydrogens (primary N) is 1. The average Bonchev–Trinajstić information content (AvgIpc) is 3.09. The summed E-state index contributed by atoms with van der Waals surface area (Å²) < 4.78 is 28.6. The molecule has 0 aliphatic rings.